The molecule has 11 aromatic rings. The summed E-state index contributed by atoms with van der Waals surface area (Å²) in [6.45, 7) is 0. The van der Waals surface area contributed by atoms with Crippen molar-refractivity contribution in [2.24, 2.45) is 0 Å². The first-order valence-corrected chi connectivity index (χ1v) is 26.1. The van der Waals surface area contributed by atoms with Gasteiger partial charge in [0.2, 0.25) is 0 Å². The van der Waals surface area contributed by atoms with Gasteiger partial charge in [-0.25, -0.2) is 0 Å². The normalized spacial score (nSPS) is 12.5. The number of hydrogen-bond donors (Lipinski definition) is 0. The first kappa shape index (κ1) is 35.5. The van der Waals surface area contributed by atoms with E-state index in [4.69, 9.17) is 0 Å². The Labute approximate surface area is 364 Å². The van der Waals surface area contributed by atoms with Gasteiger partial charge >= 0.3 is 337 Å². The molecular weight excluding hydrogens is 842 g/mol. The third-order valence-corrected chi connectivity index (χ3v) is 19.0. The van der Waals surface area contributed by atoms with E-state index < -0.39 is 15.4 Å². The average molecular weight is 882 g/mol. The van der Waals surface area contributed by atoms with Crippen molar-refractivity contribution in [2.75, 3.05) is 0 Å². The van der Waals surface area contributed by atoms with Crippen LogP contribution < -0.4 is 13.2 Å². The molecular formula is C58H40Ge2. The van der Waals surface area contributed by atoms with Gasteiger partial charge in [0.1, 0.15) is 0 Å². The van der Waals surface area contributed by atoms with E-state index in [2.05, 4.69) is 212 Å². The summed E-state index contributed by atoms with van der Waals surface area (Å²) in [6.07, 6.45) is 0. The molecule has 60 heavy (non-hydrogen) atoms. The molecule has 1 aliphatic rings. The minimum absolute atomic E-state index is 0.542. The van der Waals surface area contributed by atoms with E-state index in [1.807, 2.05) is 0 Å². The zero-order chi connectivity index (χ0) is 39.7. The summed E-state index contributed by atoms with van der Waals surface area (Å²) >= 11 is -0.560. The molecule has 0 fully saturated rings. The Balaban J connectivity index is 1.26. The van der Waals surface area contributed by atoms with Crippen molar-refractivity contribution in [3.63, 3.8) is 0 Å². The van der Waals surface area contributed by atoms with Gasteiger partial charge < -0.3 is 0 Å². The van der Waals surface area contributed by atoms with Gasteiger partial charge in [-0.1, -0.05) is 30.3 Å². The summed E-state index contributed by atoms with van der Waals surface area (Å²) in [6, 6.07) is 80.2. The average Bonchev–Trinajstić information content (AvgIpc) is 3.69. The van der Waals surface area contributed by atoms with Crippen LogP contribution in [0, 0.1) is 0 Å². The second-order valence-electron chi connectivity index (χ2n) is 16.3. The Morgan fingerprint density at radius 3 is 1.28 bits per heavy atom. The van der Waals surface area contributed by atoms with E-state index in [0.29, 0.717) is 16.5 Å². The Kier molecular flexibility index (Phi) is 8.50. The van der Waals surface area contributed by atoms with E-state index in [1.54, 1.807) is 8.79 Å². The number of benzene rings is 11. The monoisotopic (exact) mass is 884 g/mol. The molecule has 1 heterocycles. The summed E-state index contributed by atoms with van der Waals surface area (Å²) < 4.78 is 4.64. The molecule has 0 atom stereocenters. The molecule has 1 aliphatic heterocycles. The predicted molar refractivity (Wildman–Crippen MR) is 266 cm³/mol. The van der Waals surface area contributed by atoms with Crippen molar-refractivity contribution >= 4 is 88.2 Å². The quantitative estimate of drug-likeness (QED) is 0.119. The van der Waals surface area contributed by atoms with Crippen molar-refractivity contribution in [1.82, 2.24) is 0 Å². The van der Waals surface area contributed by atoms with Crippen LogP contribution in [0.4, 0.5) is 0 Å². The molecule has 2 heteroatoms. The van der Waals surface area contributed by atoms with Gasteiger partial charge in [0.25, 0.3) is 0 Å². The van der Waals surface area contributed by atoms with Crippen LogP contribution in [0.1, 0.15) is 0 Å². The second kappa shape index (κ2) is 14.4. The van der Waals surface area contributed by atoms with Crippen LogP contribution in [0.25, 0.3) is 110 Å². The van der Waals surface area contributed by atoms with Crippen LogP contribution >= 0.6 is 0 Å². The van der Waals surface area contributed by atoms with E-state index in [9.17, 15) is 0 Å². The summed E-state index contributed by atoms with van der Waals surface area (Å²) in [5.41, 5.74) is 15.9. The van der Waals surface area contributed by atoms with Crippen molar-refractivity contribution in [3.8, 4) is 66.8 Å². The molecule has 0 spiro atoms. The second-order valence-corrected chi connectivity index (χ2v) is 22.5. The summed E-state index contributed by atoms with van der Waals surface area (Å²) in [5, 5.41) is 10.2. The SMILES string of the molecule is [GeH3][c]1ccccc1-c1ccccc1-c1cccc2c(-c3c4ccccc4c(-c4ccccc4)c4ccccc34)c3cccc(-c4ccc[c]5c4-c4cccc[c]4[GeH2]5)c3cc12. The van der Waals surface area contributed by atoms with Crippen LogP contribution in [0.15, 0.2) is 212 Å². The third kappa shape index (κ3) is 5.51. The fourth-order valence-electron chi connectivity index (χ4n) is 10.5. The van der Waals surface area contributed by atoms with E-state index in [-0.39, 0.29) is 0 Å². The zero-order valence-corrected chi connectivity index (χ0v) is 40.6. The van der Waals surface area contributed by atoms with Crippen LogP contribution in [-0.4, -0.2) is 31.9 Å². The standard InChI is InChI=1S/C58H40Ge2/c59-52-32-12-10-21-41(52)38-20-5-4-19-37(38)39-27-14-29-47-50(39)35-51-40(42-31-16-34-54-56(42)49-26-11-13-33-53(49)60-54)28-15-30-48(51)58(47)57-45-24-8-6-22-43(45)55(36-17-2-1-3-18-36)44-23-7-9-25-46(44)57/h1-35H,60H2,59H3. The van der Waals surface area contributed by atoms with Crippen LogP contribution in [-0.2, 0) is 0 Å². The van der Waals surface area contributed by atoms with Crippen molar-refractivity contribution in [2.45, 2.75) is 0 Å². The molecule has 0 aromatic heterocycles. The van der Waals surface area contributed by atoms with Crippen LogP contribution in [0.3, 0.4) is 0 Å². The van der Waals surface area contributed by atoms with Crippen molar-refractivity contribution in [1.29, 1.82) is 0 Å². The van der Waals surface area contributed by atoms with E-state index in [0.717, 1.165) is 0 Å². The molecule has 0 saturated heterocycles. The molecule has 280 valence electrons. The summed E-state index contributed by atoms with van der Waals surface area (Å²) in [7, 11) is 0. The maximum absolute atomic E-state index is 2.54. The van der Waals surface area contributed by atoms with Crippen LogP contribution in [0.5, 0.6) is 0 Å². The molecule has 0 bridgehead atoms. The number of fused-ring (bicyclic) bond motifs is 7. The molecule has 0 nitrogen and oxygen atoms in total. The molecule has 0 saturated carbocycles. The Morgan fingerprint density at radius 2 is 0.650 bits per heavy atom. The molecule has 0 amide bonds. The number of hydrogen-bond acceptors (Lipinski definition) is 0. The van der Waals surface area contributed by atoms with E-state index >= 15 is 0 Å². The fourth-order valence-corrected chi connectivity index (χ4v) is 15.9. The van der Waals surface area contributed by atoms with Crippen molar-refractivity contribution in [3.05, 3.63) is 212 Å². The Hall–Kier alpha value is -6.45. The predicted octanol–water partition coefficient (Wildman–Crippen LogP) is 11.7. The fraction of sp³-hybridized carbons (Fsp3) is 0. The first-order chi connectivity index (χ1) is 29.7. The molecule has 0 unspecified atom stereocenters. The Bertz CT molecular complexity index is 3470. The van der Waals surface area contributed by atoms with Gasteiger partial charge in [0.05, 0.1) is 0 Å². The first-order valence-electron chi connectivity index (χ1n) is 21.1. The summed E-state index contributed by atoms with van der Waals surface area (Å²) in [4.78, 5) is 0. The third-order valence-electron chi connectivity index (χ3n) is 13.0. The van der Waals surface area contributed by atoms with Crippen LogP contribution in [0.2, 0.25) is 0 Å². The summed E-state index contributed by atoms with van der Waals surface area (Å²) in [5.74, 6) is 0. The van der Waals surface area contributed by atoms with Gasteiger partial charge in [-0.05, 0) is 0 Å². The Morgan fingerprint density at radius 1 is 0.250 bits per heavy atom. The van der Waals surface area contributed by atoms with Gasteiger partial charge in [-0.15, -0.1) is 0 Å². The minimum atomic E-state index is -1.10. The topological polar surface area (TPSA) is 0 Å². The van der Waals surface area contributed by atoms with Gasteiger partial charge in [-0.2, -0.15) is 0 Å². The molecule has 11 aromatic carbocycles. The molecule has 0 N–H and O–H groups in total. The van der Waals surface area contributed by atoms with Gasteiger partial charge in [-0.3, -0.25) is 0 Å². The van der Waals surface area contributed by atoms with E-state index in [1.165, 1.54) is 114 Å². The maximum atomic E-state index is 2.54. The van der Waals surface area contributed by atoms with Gasteiger partial charge in [0, 0.05) is 0 Å². The zero-order valence-electron chi connectivity index (χ0n) is 33.4. The number of rotatable bonds is 5. The molecule has 12 rings (SSSR count). The molecule has 0 aliphatic carbocycles. The van der Waals surface area contributed by atoms with Gasteiger partial charge in [0.15, 0.2) is 0 Å². The molecule has 0 radical (unpaired) electrons. The van der Waals surface area contributed by atoms with Crippen molar-refractivity contribution < 1.29 is 0 Å².